The minimum absolute atomic E-state index is 0.0568. The predicted molar refractivity (Wildman–Crippen MR) is 118 cm³/mol. The van der Waals surface area contributed by atoms with E-state index in [1.807, 2.05) is 54.7 Å². The fraction of sp³-hybridized carbons (Fsp3) is 0.115. The molecule has 4 nitrogen and oxygen atoms in total. The zero-order valence-electron chi connectivity index (χ0n) is 16.6. The molecule has 0 bridgehead atoms. The van der Waals surface area contributed by atoms with E-state index in [0.717, 1.165) is 22.3 Å². The first kappa shape index (κ1) is 18.3. The highest BCUT2D eigenvalue weighted by atomic mass is 16.5. The number of carbonyl (C=O) groups is 1. The quantitative estimate of drug-likeness (QED) is 0.486. The SMILES string of the molecule is COc1ccc(C2=C(O)C[C@H](c3c(-c4ccccc4)cc4ccccn34)C2=O)cc1. The molecule has 2 heterocycles. The van der Waals surface area contributed by atoms with Crippen molar-refractivity contribution in [3.8, 4) is 16.9 Å². The minimum atomic E-state index is -0.442. The van der Waals surface area contributed by atoms with Gasteiger partial charge in [-0.25, -0.2) is 0 Å². The molecular formula is C26H21NO3. The maximum Gasteiger partial charge on any atom is 0.176 e. The van der Waals surface area contributed by atoms with Gasteiger partial charge in [-0.2, -0.15) is 0 Å². The van der Waals surface area contributed by atoms with E-state index in [4.69, 9.17) is 4.74 Å². The molecule has 0 saturated carbocycles. The molecule has 0 unspecified atom stereocenters. The van der Waals surface area contributed by atoms with E-state index in [-0.39, 0.29) is 11.5 Å². The fourth-order valence-electron chi connectivity index (χ4n) is 4.34. The number of fused-ring (bicyclic) bond motifs is 1. The zero-order chi connectivity index (χ0) is 20.7. The van der Waals surface area contributed by atoms with E-state index in [9.17, 15) is 9.90 Å². The lowest BCUT2D eigenvalue weighted by Gasteiger charge is -2.14. The number of methoxy groups -OCH3 is 1. The van der Waals surface area contributed by atoms with Gasteiger partial charge in [0.2, 0.25) is 0 Å². The van der Waals surface area contributed by atoms with Gasteiger partial charge in [-0.3, -0.25) is 4.79 Å². The number of ether oxygens (including phenoxy) is 1. The van der Waals surface area contributed by atoms with Gasteiger partial charge in [-0.1, -0.05) is 48.5 Å². The third kappa shape index (κ3) is 2.89. The van der Waals surface area contributed by atoms with Crippen LogP contribution in [0.5, 0.6) is 5.75 Å². The van der Waals surface area contributed by atoms with E-state index < -0.39 is 5.92 Å². The van der Waals surface area contributed by atoms with E-state index in [0.29, 0.717) is 23.3 Å². The van der Waals surface area contributed by atoms with Crippen LogP contribution in [-0.4, -0.2) is 22.4 Å². The van der Waals surface area contributed by atoms with Crippen molar-refractivity contribution in [2.45, 2.75) is 12.3 Å². The molecule has 148 valence electrons. The van der Waals surface area contributed by atoms with Gasteiger partial charge < -0.3 is 14.2 Å². The average Bonchev–Trinajstić information content (AvgIpc) is 3.31. The van der Waals surface area contributed by atoms with E-state index in [2.05, 4.69) is 22.6 Å². The normalized spacial score (nSPS) is 16.4. The highest BCUT2D eigenvalue weighted by Gasteiger charge is 2.38. The molecule has 0 radical (unpaired) electrons. The number of rotatable bonds is 4. The summed E-state index contributed by atoms with van der Waals surface area (Å²) in [6.45, 7) is 0. The van der Waals surface area contributed by atoms with Crippen molar-refractivity contribution in [1.82, 2.24) is 4.40 Å². The number of ketones is 1. The van der Waals surface area contributed by atoms with Gasteiger partial charge in [0.05, 0.1) is 18.6 Å². The lowest BCUT2D eigenvalue weighted by atomic mass is 9.92. The summed E-state index contributed by atoms with van der Waals surface area (Å²) < 4.78 is 7.28. The molecule has 1 aliphatic rings. The first-order valence-electron chi connectivity index (χ1n) is 9.93. The topological polar surface area (TPSA) is 50.9 Å². The third-order valence-electron chi connectivity index (χ3n) is 5.76. The number of Topliss-reactive ketones (excluding diaryl/α,β-unsaturated/α-hetero) is 1. The van der Waals surface area contributed by atoms with Gasteiger partial charge in [0, 0.05) is 29.4 Å². The molecule has 0 fully saturated rings. The summed E-state index contributed by atoms with van der Waals surface area (Å²) in [4.78, 5) is 13.5. The number of hydrogen-bond acceptors (Lipinski definition) is 3. The number of aliphatic hydroxyl groups excluding tert-OH is 1. The van der Waals surface area contributed by atoms with Crippen molar-refractivity contribution in [3.63, 3.8) is 0 Å². The van der Waals surface area contributed by atoms with Crippen LogP contribution in [0.3, 0.4) is 0 Å². The lowest BCUT2D eigenvalue weighted by Crippen LogP contribution is -2.11. The highest BCUT2D eigenvalue weighted by molar-refractivity contribution is 6.26. The highest BCUT2D eigenvalue weighted by Crippen LogP contribution is 2.43. The summed E-state index contributed by atoms with van der Waals surface area (Å²) >= 11 is 0. The molecule has 1 aliphatic carbocycles. The summed E-state index contributed by atoms with van der Waals surface area (Å²) in [5.74, 6) is 0.353. The summed E-state index contributed by atoms with van der Waals surface area (Å²) in [5, 5.41) is 10.8. The molecule has 2 aromatic carbocycles. The maximum atomic E-state index is 13.5. The monoisotopic (exact) mass is 395 g/mol. The molecule has 0 amide bonds. The van der Waals surface area contributed by atoms with Crippen molar-refractivity contribution < 1.29 is 14.6 Å². The van der Waals surface area contributed by atoms with Crippen LogP contribution in [-0.2, 0) is 4.79 Å². The second-order valence-corrected chi connectivity index (χ2v) is 7.48. The second kappa shape index (κ2) is 7.23. The molecule has 1 N–H and O–H groups in total. The average molecular weight is 395 g/mol. The number of benzene rings is 2. The first-order valence-corrected chi connectivity index (χ1v) is 9.93. The van der Waals surface area contributed by atoms with E-state index in [1.165, 1.54) is 0 Å². The lowest BCUT2D eigenvalue weighted by molar-refractivity contribution is -0.114. The molecule has 0 saturated heterocycles. The zero-order valence-corrected chi connectivity index (χ0v) is 16.6. The Morgan fingerprint density at radius 1 is 0.933 bits per heavy atom. The number of pyridine rings is 1. The van der Waals surface area contributed by atoms with Gasteiger partial charge in [-0.15, -0.1) is 0 Å². The summed E-state index contributed by atoms with van der Waals surface area (Å²) in [6.07, 6.45) is 2.27. The Kier molecular flexibility index (Phi) is 4.40. The van der Waals surface area contributed by atoms with E-state index in [1.54, 1.807) is 19.2 Å². The minimum Gasteiger partial charge on any atom is -0.512 e. The largest absolute Gasteiger partial charge is 0.512 e. The van der Waals surface area contributed by atoms with Gasteiger partial charge in [0.1, 0.15) is 11.5 Å². The molecule has 4 aromatic rings. The van der Waals surface area contributed by atoms with Crippen LogP contribution < -0.4 is 4.74 Å². The number of allylic oxidation sites excluding steroid dienone is 2. The molecule has 0 aliphatic heterocycles. The van der Waals surface area contributed by atoms with Gasteiger partial charge in [0.25, 0.3) is 0 Å². The van der Waals surface area contributed by atoms with Gasteiger partial charge >= 0.3 is 0 Å². The van der Waals surface area contributed by atoms with Crippen molar-refractivity contribution in [3.05, 3.63) is 102 Å². The Labute approximate surface area is 174 Å². The number of aliphatic hydroxyl groups is 1. The Hall–Kier alpha value is -3.79. The molecule has 2 aromatic heterocycles. The molecule has 0 spiro atoms. The summed E-state index contributed by atoms with van der Waals surface area (Å²) in [5.41, 5.74) is 5.12. The molecular weight excluding hydrogens is 374 g/mol. The van der Waals surface area contributed by atoms with Crippen molar-refractivity contribution >= 4 is 16.9 Å². The van der Waals surface area contributed by atoms with Crippen LogP contribution in [0.2, 0.25) is 0 Å². The molecule has 5 rings (SSSR count). The number of nitrogens with zero attached hydrogens (tertiary/aromatic N) is 1. The molecule has 30 heavy (non-hydrogen) atoms. The summed E-state index contributed by atoms with van der Waals surface area (Å²) in [7, 11) is 1.60. The number of aromatic nitrogens is 1. The number of carbonyl (C=O) groups excluding carboxylic acids is 1. The van der Waals surface area contributed by atoms with Crippen LogP contribution in [0.15, 0.2) is 90.8 Å². The maximum absolute atomic E-state index is 13.5. The van der Waals surface area contributed by atoms with Gasteiger partial charge in [0.15, 0.2) is 5.78 Å². The van der Waals surface area contributed by atoms with Crippen molar-refractivity contribution in [1.29, 1.82) is 0 Å². The Morgan fingerprint density at radius 3 is 2.40 bits per heavy atom. The fourth-order valence-corrected chi connectivity index (χ4v) is 4.34. The Morgan fingerprint density at radius 2 is 1.67 bits per heavy atom. The Balaban J connectivity index is 1.62. The summed E-state index contributed by atoms with van der Waals surface area (Å²) in [6, 6.07) is 25.4. The third-order valence-corrected chi connectivity index (χ3v) is 5.76. The van der Waals surface area contributed by atoms with Crippen LogP contribution in [0.1, 0.15) is 23.6 Å². The first-order chi connectivity index (χ1) is 14.7. The van der Waals surface area contributed by atoms with Crippen molar-refractivity contribution in [2.24, 2.45) is 0 Å². The predicted octanol–water partition coefficient (Wildman–Crippen LogP) is 5.64. The van der Waals surface area contributed by atoms with Crippen LogP contribution >= 0.6 is 0 Å². The van der Waals surface area contributed by atoms with Crippen LogP contribution in [0.25, 0.3) is 22.2 Å². The Bertz CT molecular complexity index is 1270. The molecule has 1 atom stereocenters. The van der Waals surface area contributed by atoms with Crippen LogP contribution in [0.4, 0.5) is 0 Å². The van der Waals surface area contributed by atoms with Gasteiger partial charge in [-0.05, 0) is 41.5 Å². The second-order valence-electron chi connectivity index (χ2n) is 7.48. The van der Waals surface area contributed by atoms with E-state index >= 15 is 0 Å². The van der Waals surface area contributed by atoms with Crippen molar-refractivity contribution in [2.75, 3.05) is 7.11 Å². The standard InChI is InChI=1S/C26H21NO3/c1-30-20-12-10-18(11-13-20)24-23(28)16-22(26(24)29)25-21(17-7-3-2-4-8-17)15-19-9-5-6-14-27(19)25/h2-15,22,28H,16H2,1H3/t22-/m1/s1. The smallest absolute Gasteiger partial charge is 0.176 e. The number of hydrogen-bond donors (Lipinski definition) is 1. The van der Waals surface area contributed by atoms with Crippen LogP contribution in [0, 0.1) is 0 Å². The molecule has 4 heteroatoms.